The molecule has 1 aromatic rings. The first-order chi connectivity index (χ1) is 13.1. The Balaban J connectivity index is 1.62. The Kier molecular flexibility index (Phi) is 6.05. The number of hydrogen-bond acceptors (Lipinski definition) is 1. The molecule has 0 radical (unpaired) electrons. The van der Waals surface area contributed by atoms with E-state index in [0.29, 0.717) is 23.7 Å². The Morgan fingerprint density at radius 3 is 2.39 bits per heavy atom. The first-order valence-electron chi connectivity index (χ1n) is 10.8. The van der Waals surface area contributed by atoms with Gasteiger partial charge in [0.25, 0.3) is 0 Å². The first kappa shape index (κ1) is 21.1. The molecule has 152 valence electrons. The molecule has 0 amide bonds. The van der Waals surface area contributed by atoms with Crippen molar-refractivity contribution >= 4 is 0 Å². The molecule has 0 N–H and O–H groups in total. The molecule has 28 heavy (non-hydrogen) atoms. The predicted octanol–water partition coefficient (Wildman–Crippen LogP) is 6.85. The number of hydrogen-bond donors (Lipinski definition) is 0. The second kappa shape index (κ2) is 8.03. The third-order valence-corrected chi connectivity index (χ3v) is 7.75. The van der Waals surface area contributed by atoms with Gasteiger partial charge in [-0.1, -0.05) is 64.3 Å². The molecule has 2 aliphatic rings. The van der Waals surface area contributed by atoms with Gasteiger partial charge in [-0.05, 0) is 84.6 Å². The van der Waals surface area contributed by atoms with Crippen molar-refractivity contribution in [2.75, 3.05) is 13.2 Å². The van der Waals surface area contributed by atoms with Crippen molar-refractivity contribution in [3.8, 4) is 0 Å². The van der Waals surface area contributed by atoms with Gasteiger partial charge in [0.15, 0.2) is 0 Å². The molecule has 1 aromatic carbocycles. The summed E-state index contributed by atoms with van der Waals surface area (Å²) in [6.07, 6.45) is 3.36. The van der Waals surface area contributed by atoms with Gasteiger partial charge in [0, 0.05) is 5.41 Å². The van der Waals surface area contributed by atoms with E-state index in [9.17, 15) is 0 Å². The van der Waals surface area contributed by atoms with Crippen LogP contribution in [0.25, 0.3) is 0 Å². The number of ether oxygens (including phenoxy) is 1. The molecule has 1 heteroatoms. The fourth-order valence-electron chi connectivity index (χ4n) is 5.04. The van der Waals surface area contributed by atoms with Crippen LogP contribution in [0.3, 0.4) is 0 Å². The second-order valence-corrected chi connectivity index (χ2v) is 9.92. The summed E-state index contributed by atoms with van der Waals surface area (Å²) in [4.78, 5) is 0. The zero-order chi connectivity index (χ0) is 20.6. The minimum absolute atomic E-state index is 0.233. The molecule has 1 nitrogen and oxygen atoms in total. The molecule has 4 atom stereocenters. The van der Waals surface area contributed by atoms with Crippen LogP contribution in [0.4, 0.5) is 0 Å². The van der Waals surface area contributed by atoms with Crippen molar-refractivity contribution < 1.29 is 4.74 Å². The minimum atomic E-state index is 0.233. The van der Waals surface area contributed by atoms with Crippen LogP contribution in [0.15, 0.2) is 54.7 Å². The third-order valence-electron chi connectivity index (χ3n) is 7.75. The lowest BCUT2D eigenvalue weighted by atomic mass is 9.70. The van der Waals surface area contributed by atoms with E-state index in [2.05, 4.69) is 72.6 Å². The van der Waals surface area contributed by atoms with Crippen molar-refractivity contribution in [3.63, 3.8) is 0 Å². The maximum atomic E-state index is 5.47. The number of benzene rings is 1. The molecule has 1 aliphatic carbocycles. The lowest BCUT2D eigenvalue weighted by Gasteiger charge is -2.44. The van der Waals surface area contributed by atoms with Crippen molar-refractivity contribution in [2.24, 2.45) is 29.1 Å². The van der Waals surface area contributed by atoms with Crippen LogP contribution < -0.4 is 0 Å². The number of allylic oxidation sites excluding steroid dienone is 3. The predicted molar refractivity (Wildman–Crippen MR) is 121 cm³/mol. The van der Waals surface area contributed by atoms with E-state index in [0.717, 1.165) is 19.6 Å². The van der Waals surface area contributed by atoms with Crippen LogP contribution in [0.5, 0.6) is 0 Å². The average molecular weight is 379 g/mol. The van der Waals surface area contributed by atoms with E-state index < -0.39 is 0 Å². The summed E-state index contributed by atoms with van der Waals surface area (Å²) >= 11 is 0. The van der Waals surface area contributed by atoms with Crippen LogP contribution in [-0.4, -0.2) is 13.2 Å². The Hall–Kier alpha value is -1.60. The van der Waals surface area contributed by atoms with E-state index in [1.54, 1.807) is 0 Å². The van der Waals surface area contributed by atoms with Gasteiger partial charge in [0.2, 0.25) is 0 Å². The van der Waals surface area contributed by atoms with Crippen molar-refractivity contribution in [3.05, 3.63) is 71.3 Å². The van der Waals surface area contributed by atoms with Gasteiger partial charge in [0.1, 0.15) is 0 Å². The Morgan fingerprint density at radius 1 is 1.14 bits per heavy atom. The van der Waals surface area contributed by atoms with E-state index in [1.807, 2.05) is 0 Å². The van der Waals surface area contributed by atoms with Crippen molar-refractivity contribution in [1.29, 1.82) is 0 Å². The summed E-state index contributed by atoms with van der Waals surface area (Å²) in [6.45, 7) is 26.5. The molecule has 0 spiro atoms. The van der Waals surface area contributed by atoms with Crippen LogP contribution in [0, 0.1) is 42.9 Å². The fraction of sp³-hybridized carbons (Fsp3) is 0.556. The van der Waals surface area contributed by atoms with Crippen LogP contribution in [0.2, 0.25) is 0 Å². The first-order valence-corrected chi connectivity index (χ1v) is 10.8. The highest BCUT2D eigenvalue weighted by Gasteiger charge is 2.42. The summed E-state index contributed by atoms with van der Waals surface area (Å²) in [5.41, 5.74) is 8.24. The van der Waals surface area contributed by atoms with E-state index in [1.165, 1.54) is 46.3 Å². The van der Waals surface area contributed by atoms with Crippen LogP contribution in [-0.2, 0) is 11.2 Å². The van der Waals surface area contributed by atoms with Gasteiger partial charge in [-0.25, -0.2) is 0 Å². The molecule has 1 aliphatic heterocycles. The van der Waals surface area contributed by atoms with Crippen LogP contribution >= 0.6 is 0 Å². The Morgan fingerprint density at radius 2 is 1.82 bits per heavy atom. The molecule has 4 unspecified atom stereocenters. The van der Waals surface area contributed by atoms with Gasteiger partial charge < -0.3 is 4.74 Å². The quantitative estimate of drug-likeness (QED) is 0.372. The van der Waals surface area contributed by atoms with Gasteiger partial charge >= 0.3 is 0 Å². The smallest absolute Gasteiger partial charge is 0.0547 e. The van der Waals surface area contributed by atoms with Gasteiger partial charge in [-0.15, -0.1) is 0 Å². The van der Waals surface area contributed by atoms with Crippen molar-refractivity contribution in [2.45, 2.75) is 53.9 Å². The Bertz CT molecular complexity index is 779. The van der Waals surface area contributed by atoms with E-state index in [4.69, 9.17) is 4.74 Å². The number of aryl methyl sites for hydroxylation is 2. The van der Waals surface area contributed by atoms with Crippen LogP contribution in [0.1, 0.15) is 50.3 Å². The van der Waals surface area contributed by atoms with E-state index >= 15 is 0 Å². The number of rotatable bonds is 7. The highest BCUT2D eigenvalue weighted by Crippen LogP contribution is 2.48. The molecule has 2 fully saturated rings. The van der Waals surface area contributed by atoms with E-state index in [-0.39, 0.29) is 5.41 Å². The summed E-state index contributed by atoms with van der Waals surface area (Å²) in [7, 11) is 0. The lowest BCUT2D eigenvalue weighted by molar-refractivity contribution is -0.122. The molecule has 3 rings (SSSR count). The zero-order valence-electron chi connectivity index (χ0n) is 18.6. The maximum Gasteiger partial charge on any atom is 0.0547 e. The summed E-state index contributed by atoms with van der Waals surface area (Å²) in [5.74, 6) is 2.21. The zero-order valence-corrected chi connectivity index (χ0v) is 18.6. The monoisotopic (exact) mass is 378 g/mol. The second-order valence-electron chi connectivity index (χ2n) is 9.92. The standard InChI is InChI=1S/C27H38O/c1-17-9-10-24(11-18(17)2)12-19(3)26-14-25(13-20(26)4)22(6)21(5)23(7)27(8)15-28-16-27/h9-11,20,23,25-26H,3,5-6,12-16H2,1-2,4,7-8H3. The highest BCUT2D eigenvalue weighted by molar-refractivity contribution is 5.35. The Labute approximate surface area is 172 Å². The van der Waals surface area contributed by atoms with Gasteiger partial charge in [0.05, 0.1) is 13.2 Å². The fourth-order valence-corrected chi connectivity index (χ4v) is 5.04. The summed E-state index contributed by atoms with van der Waals surface area (Å²) in [6, 6.07) is 6.81. The molecule has 1 heterocycles. The molecule has 1 saturated carbocycles. The topological polar surface area (TPSA) is 9.23 Å². The van der Waals surface area contributed by atoms with Gasteiger partial charge in [-0.2, -0.15) is 0 Å². The molecular formula is C27H38O. The largest absolute Gasteiger partial charge is 0.380 e. The molecule has 1 saturated heterocycles. The molecular weight excluding hydrogens is 340 g/mol. The lowest BCUT2D eigenvalue weighted by Crippen LogP contribution is -2.45. The highest BCUT2D eigenvalue weighted by atomic mass is 16.5. The minimum Gasteiger partial charge on any atom is -0.380 e. The molecule has 0 aromatic heterocycles. The summed E-state index contributed by atoms with van der Waals surface area (Å²) in [5, 5.41) is 0. The van der Waals surface area contributed by atoms with Gasteiger partial charge in [-0.3, -0.25) is 0 Å². The normalized spacial score (nSPS) is 27.1. The van der Waals surface area contributed by atoms with Crippen molar-refractivity contribution in [1.82, 2.24) is 0 Å². The molecule has 0 bridgehead atoms. The average Bonchev–Trinajstić information content (AvgIpc) is 3.02. The summed E-state index contributed by atoms with van der Waals surface area (Å²) < 4.78 is 5.47. The third kappa shape index (κ3) is 4.06. The maximum absolute atomic E-state index is 5.47. The SMILES string of the molecule is C=C(C(=C)C(C)C1(C)COC1)C1CC(C)C(C(=C)Cc2ccc(C)c(C)c2)C1.